The van der Waals surface area contributed by atoms with E-state index in [9.17, 15) is 17.6 Å². The predicted octanol–water partition coefficient (Wildman–Crippen LogP) is 2.59. The number of para-hydroxylation sites is 1. The summed E-state index contributed by atoms with van der Waals surface area (Å²) in [6.45, 7) is 2.49. The number of ether oxygens (including phenoxy) is 1. The van der Waals surface area contributed by atoms with Crippen molar-refractivity contribution in [3.05, 3.63) is 59.9 Å². The van der Waals surface area contributed by atoms with E-state index in [0.717, 1.165) is 32.1 Å². The summed E-state index contributed by atoms with van der Waals surface area (Å²) in [4.78, 5) is 12.4. The van der Waals surface area contributed by atoms with Crippen LogP contribution in [0.15, 0.2) is 48.5 Å². The molecule has 30 heavy (non-hydrogen) atoms. The van der Waals surface area contributed by atoms with E-state index in [-0.39, 0.29) is 5.69 Å². The quantitative estimate of drug-likeness (QED) is 0.548. The Morgan fingerprint density at radius 3 is 2.40 bits per heavy atom. The molecule has 2 aromatic carbocycles. The van der Waals surface area contributed by atoms with Crippen LogP contribution in [0.5, 0.6) is 5.75 Å². The van der Waals surface area contributed by atoms with Gasteiger partial charge in [0.05, 0.1) is 12.3 Å². The minimum Gasteiger partial charge on any atom is -0.494 e. The Hall–Kier alpha value is -2.65. The van der Waals surface area contributed by atoms with Crippen LogP contribution in [0.25, 0.3) is 0 Å². The zero-order valence-corrected chi connectivity index (χ0v) is 18.3. The maximum atomic E-state index is 13.2. The van der Waals surface area contributed by atoms with E-state index in [4.69, 9.17) is 4.74 Å². The number of hydrogen-bond acceptors (Lipinski definition) is 4. The molecule has 0 spiro atoms. The van der Waals surface area contributed by atoms with Gasteiger partial charge in [0.15, 0.2) is 0 Å². The number of hydrogen-bond donors (Lipinski definition) is 1. The molecule has 164 valence electrons. The molecule has 0 bridgehead atoms. The van der Waals surface area contributed by atoms with E-state index in [2.05, 4.69) is 5.32 Å². The maximum absolute atomic E-state index is 13.2. The van der Waals surface area contributed by atoms with Crippen LogP contribution in [0.4, 0.5) is 10.1 Å². The summed E-state index contributed by atoms with van der Waals surface area (Å²) in [7, 11) is -1.17. The van der Waals surface area contributed by atoms with Gasteiger partial charge in [-0.05, 0) is 55.7 Å². The topological polar surface area (TPSA) is 79.0 Å². The average Bonchev–Trinajstić information content (AvgIpc) is 2.71. The highest BCUT2D eigenvalue weighted by Crippen LogP contribution is 2.20. The second-order valence-electron chi connectivity index (χ2n) is 6.77. The van der Waals surface area contributed by atoms with Crippen LogP contribution in [0.3, 0.4) is 0 Å². The first kappa shape index (κ1) is 23.6. The Morgan fingerprint density at radius 1 is 1.10 bits per heavy atom. The van der Waals surface area contributed by atoms with Gasteiger partial charge in [-0.3, -0.25) is 4.79 Å². The molecule has 2 rings (SSSR count). The molecule has 7 nitrogen and oxygen atoms in total. The normalized spacial score (nSPS) is 11.4. The van der Waals surface area contributed by atoms with Gasteiger partial charge in [0, 0.05) is 20.6 Å². The molecule has 9 heteroatoms. The fourth-order valence-electron chi connectivity index (χ4n) is 2.81. The van der Waals surface area contributed by atoms with Crippen molar-refractivity contribution in [1.29, 1.82) is 0 Å². The lowest BCUT2D eigenvalue weighted by molar-refractivity contribution is -0.119. The molecule has 1 N–H and O–H groups in total. The fraction of sp³-hybridized carbons (Fsp3) is 0.381. The van der Waals surface area contributed by atoms with Gasteiger partial charge < -0.3 is 10.1 Å². The minimum absolute atomic E-state index is 0.214. The maximum Gasteiger partial charge on any atom is 0.304 e. The summed E-state index contributed by atoms with van der Waals surface area (Å²) in [5, 5.41) is 2.75. The highest BCUT2D eigenvalue weighted by Gasteiger charge is 2.27. The van der Waals surface area contributed by atoms with Crippen molar-refractivity contribution >= 4 is 21.8 Å². The first-order valence-corrected chi connectivity index (χ1v) is 11.1. The molecule has 0 aliphatic carbocycles. The molecule has 0 aliphatic rings. The van der Waals surface area contributed by atoms with Crippen molar-refractivity contribution in [3.63, 3.8) is 0 Å². The molecule has 0 atom stereocenters. The number of aryl methyl sites for hydroxylation is 1. The monoisotopic (exact) mass is 437 g/mol. The number of amides is 1. The van der Waals surface area contributed by atoms with Crippen molar-refractivity contribution in [2.45, 2.75) is 19.8 Å². The molecule has 1 amide bonds. The number of halogens is 1. The Balaban J connectivity index is 1.97. The summed E-state index contributed by atoms with van der Waals surface area (Å²) in [5.41, 5.74) is 1.27. The number of nitrogens with zero attached hydrogens (tertiary/aromatic N) is 2. The lowest BCUT2D eigenvalue weighted by atomic mass is 10.1. The van der Waals surface area contributed by atoms with Crippen LogP contribution in [0, 0.1) is 5.82 Å². The molecule has 0 saturated heterocycles. The summed E-state index contributed by atoms with van der Waals surface area (Å²) in [5.74, 6) is -0.105. The largest absolute Gasteiger partial charge is 0.494 e. The van der Waals surface area contributed by atoms with E-state index in [0.29, 0.717) is 26.0 Å². The van der Waals surface area contributed by atoms with Crippen molar-refractivity contribution in [3.8, 4) is 5.75 Å². The molecule has 0 aromatic heterocycles. The first-order chi connectivity index (χ1) is 14.3. The van der Waals surface area contributed by atoms with E-state index >= 15 is 0 Å². The SMILES string of the molecule is CCOc1ccccc1CCCNC(=O)CN(c1ccc(F)cc1)S(=O)(=O)N(C)C. The number of nitrogens with one attached hydrogen (secondary N) is 1. The van der Waals surface area contributed by atoms with Crippen LogP contribution in [-0.4, -0.2) is 52.4 Å². The summed E-state index contributed by atoms with van der Waals surface area (Å²) in [6, 6.07) is 12.7. The summed E-state index contributed by atoms with van der Waals surface area (Å²) in [6.07, 6.45) is 1.39. The van der Waals surface area contributed by atoms with E-state index < -0.39 is 28.5 Å². The Kier molecular flexibility index (Phi) is 8.61. The fourth-order valence-corrected chi connectivity index (χ4v) is 3.87. The highest BCUT2D eigenvalue weighted by atomic mass is 32.2. The third-order valence-corrected chi connectivity index (χ3v) is 6.18. The number of carbonyl (C=O) groups excluding carboxylic acids is 1. The lowest BCUT2D eigenvalue weighted by Gasteiger charge is -2.26. The van der Waals surface area contributed by atoms with Gasteiger partial charge >= 0.3 is 10.2 Å². The Bertz CT molecular complexity index is 934. The lowest BCUT2D eigenvalue weighted by Crippen LogP contribution is -2.46. The zero-order valence-electron chi connectivity index (χ0n) is 17.5. The Labute approximate surface area is 177 Å². The van der Waals surface area contributed by atoms with Crippen molar-refractivity contribution in [2.75, 3.05) is 38.1 Å². The molecular formula is C21H28FN3O4S. The van der Waals surface area contributed by atoms with Crippen LogP contribution < -0.4 is 14.4 Å². The van der Waals surface area contributed by atoms with Crippen molar-refractivity contribution in [1.82, 2.24) is 9.62 Å². The summed E-state index contributed by atoms with van der Waals surface area (Å²) < 4.78 is 46.0. The molecule has 0 fully saturated rings. The van der Waals surface area contributed by atoms with Gasteiger partial charge in [-0.25, -0.2) is 8.70 Å². The highest BCUT2D eigenvalue weighted by molar-refractivity contribution is 7.90. The number of benzene rings is 2. The van der Waals surface area contributed by atoms with Gasteiger partial charge in [-0.15, -0.1) is 0 Å². The van der Waals surface area contributed by atoms with Crippen molar-refractivity contribution in [2.24, 2.45) is 0 Å². The van der Waals surface area contributed by atoms with Crippen molar-refractivity contribution < 1.29 is 22.3 Å². The standard InChI is InChI=1S/C21H28FN3O4S/c1-4-29-20-10-6-5-8-17(20)9-7-15-23-21(26)16-25(30(27,28)24(2)3)19-13-11-18(22)12-14-19/h5-6,8,10-14H,4,7,9,15-16H2,1-3H3,(H,23,26). The third kappa shape index (κ3) is 6.43. The Morgan fingerprint density at radius 2 is 1.77 bits per heavy atom. The second-order valence-corrected chi connectivity index (χ2v) is 8.83. The van der Waals surface area contributed by atoms with Gasteiger partial charge in [-0.1, -0.05) is 18.2 Å². The van der Waals surface area contributed by atoms with Crippen LogP contribution in [0.2, 0.25) is 0 Å². The second kappa shape index (κ2) is 10.9. The van der Waals surface area contributed by atoms with Crippen LogP contribution >= 0.6 is 0 Å². The molecular weight excluding hydrogens is 409 g/mol. The first-order valence-electron chi connectivity index (χ1n) is 9.69. The molecule has 0 unspecified atom stereocenters. The van der Waals surface area contributed by atoms with Gasteiger partial charge in [0.2, 0.25) is 5.91 Å². The molecule has 0 heterocycles. The van der Waals surface area contributed by atoms with Gasteiger partial charge in [0.25, 0.3) is 0 Å². The molecule has 0 radical (unpaired) electrons. The molecule has 0 saturated carbocycles. The zero-order chi connectivity index (χ0) is 22.1. The number of carbonyl (C=O) groups is 1. The predicted molar refractivity (Wildman–Crippen MR) is 115 cm³/mol. The van der Waals surface area contributed by atoms with Gasteiger partial charge in [0.1, 0.15) is 18.1 Å². The molecule has 0 aliphatic heterocycles. The third-order valence-electron chi connectivity index (χ3n) is 4.36. The van der Waals surface area contributed by atoms with Crippen LogP contribution in [-0.2, 0) is 21.4 Å². The van der Waals surface area contributed by atoms with E-state index in [1.54, 1.807) is 0 Å². The minimum atomic E-state index is -3.92. The summed E-state index contributed by atoms with van der Waals surface area (Å²) >= 11 is 0. The number of anilines is 1. The van der Waals surface area contributed by atoms with Crippen LogP contribution in [0.1, 0.15) is 18.9 Å². The molecule has 2 aromatic rings. The van der Waals surface area contributed by atoms with Gasteiger partial charge in [-0.2, -0.15) is 12.7 Å². The van der Waals surface area contributed by atoms with E-state index in [1.165, 1.54) is 26.2 Å². The average molecular weight is 438 g/mol. The smallest absolute Gasteiger partial charge is 0.304 e. The van der Waals surface area contributed by atoms with E-state index in [1.807, 2.05) is 31.2 Å². The number of rotatable bonds is 11.